The number of rotatable bonds is 3. The summed E-state index contributed by atoms with van der Waals surface area (Å²) in [7, 11) is 0. The summed E-state index contributed by atoms with van der Waals surface area (Å²) in [4.78, 5) is 30.1. The average Bonchev–Trinajstić information content (AvgIpc) is 2.86. The predicted octanol–water partition coefficient (Wildman–Crippen LogP) is 1.20. The van der Waals surface area contributed by atoms with Crippen LogP contribution in [-0.2, 0) is 0 Å². The first-order valence-electron chi connectivity index (χ1n) is 5.37. The summed E-state index contributed by atoms with van der Waals surface area (Å²) in [6.07, 6.45) is 1.30. The molecule has 0 aromatic carbocycles. The monoisotopic (exact) mass is 247 g/mol. The number of nitrogens with one attached hydrogen (secondary N) is 3. The van der Waals surface area contributed by atoms with Crippen LogP contribution >= 0.6 is 0 Å². The van der Waals surface area contributed by atoms with Crippen LogP contribution in [0.1, 0.15) is 39.0 Å². The second-order valence-electron chi connectivity index (χ2n) is 3.97. The maximum atomic E-state index is 12.0. The van der Waals surface area contributed by atoms with Crippen LogP contribution in [-0.4, -0.2) is 31.9 Å². The number of ketones is 1. The second-order valence-corrected chi connectivity index (χ2v) is 3.97. The Bertz CT molecular complexity index is 597. The Morgan fingerprint density at radius 3 is 2.56 bits per heavy atom. The zero-order chi connectivity index (χ0) is 13.3. The van der Waals surface area contributed by atoms with Gasteiger partial charge >= 0.3 is 0 Å². The van der Waals surface area contributed by atoms with Crippen molar-refractivity contribution in [2.45, 2.75) is 20.8 Å². The van der Waals surface area contributed by atoms with Gasteiger partial charge in [-0.15, -0.1) is 0 Å². The van der Waals surface area contributed by atoms with E-state index in [2.05, 4.69) is 25.5 Å². The Morgan fingerprint density at radius 1 is 1.33 bits per heavy atom. The van der Waals surface area contributed by atoms with Gasteiger partial charge in [-0.3, -0.25) is 14.9 Å². The van der Waals surface area contributed by atoms with Crippen molar-refractivity contribution >= 4 is 17.6 Å². The van der Waals surface area contributed by atoms with Crippen LogP contribution in [0.15, 0.2) is 6.33 Å². The normalized spacial score (nSPS) is 10.4. The van der Waals surface area contributed by atoms with Crippen LogP contribution in [0.4, 0.5) is 5.95 Å². The molecule has 2 aromatic heterocycles. The zero-order valence-electron chi connectivity index (χ0n) is 10.3. The lowest BCUT2D eigenvalue weighted by molar-refractivity contribution is 0.101. The van der Waals surface area contributed by atoms with Crippen LogP contribution in [0.3, 0.4) is 0 Å². The van der Waals surface area contributed by atoms with Gasteiger partial charge in [0.05, 0.1) is 0 Å². The van der Waals surface area contributed by atoms with E-state index < -0.39 is 0 Å². The molecular weight excluding hydrogens is 234 g/mol. The predicted molar refractivity (Wildman–Crippen MR) is 64.6 cm³/mol. The van der Waals surface area contributed by atoms with E-state index in [1.165, 1.54) is 13.3 Å². The average molecular weight is 247 g/mol. The van der Waals surface area contributed by atoms with Gasteiger partial charge in [0.2, 0.25) is 5.95 Å². The summed E-state index contributed by atoms with van der Waals surface area (Å²) < 4.78 is 0. The Balaban J connectivity index is 2.31. The molecule has 0 unspecified atom stereocenters. The fraction of sp³-hybridized carbons (Fsp3) is 0.273. The topological polar surface area (TPSA) is 104 Å². The van der Waals surface area contributed by atoms with E-state index in [1.807, 2.05) is 0 Å². The van der Waals surface area contributed by atoms with E-state index in [4.69, 9.17) is 0 Å². The van der Waals surface area contributed by atoms with E-state index in [-0.39, 0.29) is 17.6 Å². The number of hydrogen-bond acceptors (Lipinski definition) is 4. The van der Waals surface area contributed by atoms with Gasteiger partial charge in [0.1, 0.15) is 12.0 Å². The van der Waals surface area contributed by atoms with Crippen molar-refractivity contribution in [3.05, 3.63) is 28.8 Å². The van der Waals surface area contributed by atoms with Crippen LogP contribution in [0.2, 0.25) is 0 Å². The Kier molecular flexibility index (Phi) is 2.97. The van der Waals surface area contributed by atoms with E-state index in [9.17, 15) is 9.59 Å². The number of hydrogen-bond donors (Lipinski definition) is 3. The largest absolute Gasteiger partial charge is 0.354 e. The second kappa shape index (κ2) is 4.44. The van der Waals surface area contributed by atoms with Gasteiger partial charge in [-0.2, -0.15) is 10.1 Å². The first-order valence-corrected chi connectivity index (χ1v) is 5.37. The van der Waals surface area contributed by atoms with Gasteiger partial charge in [-0.1, -0.05) is 0 Å². The number of aryl methyl sites for hydroxylation is 1. The maximum Gasteiger partial charge on any atom is 0.274 e. The van der Waals surface area contributed by atoms with Crippen molar-refractivity contribution in [1.82, 2.24) is 20.2 Å². The number of Topliss-reactive ketones (excluding diaryl/α,β-unsaturated/α-hetero) is 1. The molecule has 0 spiro atoms. The molecule has 0 aliphatic rings. The summed E-state index contributed by atoms with van der Waals surface area (Å²) in [5.74, 6) is -0.171. The maximum absolute atomic E-state index is 12.0. The summed E-state index contributed by atoms with van der Waals surface area (Å²) in [5.41, 5.74) is 2.23. The highest BCUT2D eigenvalue weighted by Gasteiger charge is 2.20. The third-order valence-corrected chi connectivity index (χ3v) is 2.66. The minimum absolute atomic E-state index is 0.0695. The number of H-pyrrole nitrogens is 2. The van der Waals surface area contributed by atoms with E-state index in [0.29, 0.717) is 22.5 Å². The molecule has 0 atom stereocenters. The molecule has 0 aliphatic heterocycles. The number of carbonyl (C=O) groups is 2. The minimum Gasteiger partial charge on any atom is -0.354 e. The number of carbonyl (C=O) groups excluding carboxylic acids is 2. The van der Waals surface area contributed by atoms with Crippen LogP contribution < -0.4 is 5.32 Å². The van der Waals surface area contributed by atoms with E-state index in [1.54, 1.807) is 13.8 Å². The Labute approximate surface area is 103 Å². The van der Waals surface area contributed by atoms with Gasteiger partial charge in [0.15, 0.2) is 5.78 Å². The van der Waals surface area contributed by atoms with Crippen molar-refractivity contribution in [2.24, 2.45) is 0 Å². The van der Waals surface area contributed by atoms with Crippen molar-refractivity contribution < 1.29 is 9.59 Å². The SMILES string of the molecule is CC(=O)c1c(C)[nH]c(C(=O)Nc2ncn[nH]2)c1C. The van der Waals surface area contributed by atoms with Gasteiger partial charge in [-0.25, -0.2) is 5.10 Å². The van der Waals surface area contributed by atoms with E-state index in [0.717, 1.165) is 0 Å². The molecular formula is C11H13N5O2. The molecule has 7 nitrogen and oxygen atoms in total. The number of nitrogens with zero attached hydrogens (tertiary/aromatic N) is 2. The first-order chi connectivity index (χ1) is 8.50. The number of aromatic amines is 2. The highest BCUT2D eigenvalue weighted by atomic mass is 16.2. The minimum atomic E-state index is -0.361. The molecule has 0 bridgehead atoms. The number of aromatic nitrogens is 4. The van der Waals surface area contributed by atoms with Gasteiger partial charge in [0.25, 0.3) is 5.91 Å². The Morgan fingerprint density at radius 2 is 2.06 bits per heavy atom. The summed E-state index contributed by atoms with van der Waals surface area (Å²) in [5, 5.41) is 8.70. The summed E-state index contributed by atoms with van der Waals surface area (Å²) >= 11 is 0. The van der Waals surface area contributed by atoms with Gasteiger partial charge in [-0.05, 0) is 26.3 Å². The molecule has 0 fully saturated rings. The lowest BCUT2D eigenvalue weighted by Crippen LogP contribution is -2.14. The van der Waals surface area contributed by atoms with Crippen molar-refractivity contribution in [2.75, 3.05) is 5.32 Å². The molecule has 2 aromatic rings. The molecule has 2 heterocycles. The van der Waals surface area contributed by atoms with Crippen molar-refractivity contribution in [1.29, 1.82) is 0 Å². The number of anilines is 1. The van der Waals surface area contributed by atoms with Crippen LogP contribution in [0.5, 0.6) is 0 Å². The molecule has 0 saturated carbocycles. The molecule has 0 saturated heterocycles. The fourth-order valence-corrected chi connectivity index (χ4v) is 1.94. The van der Waals surface area contributed by atoms with Crippen LogP contribution in [0.25, 0.3) is 0 Å². The van der Waals surface area contributed by atoms with Crippen molar-refractivity contribution in [3.63, 3.8) is 0 Å². The van der Waals surface area contributed by atoms with Gasteiger partial charge < -0.3 is 4.98 Å². The molecule has 18 heavy (non-hydrogen) atoms. The summed E-state index contributed by atoms with van der Waals surface area (Å²) in [6, 6.07) is 0. The smallest absolute Gasteiger partial charge is 0.274 e. The van der Waals surface area contributed by atoms with Crippen LogP contribution in [0, 0.1) is 13.8 Å². The summed E-state index contributed by atoms with van der Waals surface area (Å²) in [6.45, 7) is 4.96. The van der Waals surface area contributed by atoms with E-state index >= 15 is 0 Å². The molecule has 2 rings (SSSR count). The molecule has 3 N–H and O–H groups in total. The third-order valence-electron chi connectivity index (χ3n) is 2.66. The third kappa shape index (κ3) is 2.02. The quantitative estimate of drug-likeness (QED) is 0.709. The molecule has 94 valence electrons. The molecule has 7 heteroatoms. The van der Waals surface area contributed by atoms with Crippen molar-refractivity contribution in [3.8, 4) is 0 Å². The Hall–Kier alpha value is -2.44. The zero-order valence-corrected chi connectivity index (χ0v) is 10.3. The first kappa shape index (κ1) is 12.0. The lowest BCUT2D eigenvalue weighted by atomic mass is 10.1. The van der Waals surface area contributed by atoms with Gasteiger partial charge in [0, 0.05) is 11.3 Å². The standard InChI is InChI=1S/C11H13N5O2/c1-5-8(7(3)17)6(2)14-9(5)10(18)15-11-12-4-13-16-11/h4,14H,1-3H3,(H2,12,13,15,16,18). The highest BCUT2D eigenvalue weighted by molar-refractivity contribution is 6.07. The number of amides is 1. The molecule has 1 amide bonds. The molecule has 0 radical (unpaired) electrons. The lowest BCUT2D eigenvalue weighted by Gasteiger charge is -2.00. The highest BCUT2D eigenvalue weighted by Crippen LogP contribution is 2.19. The molecule has 0 aliphatic carbocycles. The fourth-order valence-electron chi connectivity index (χ4n) is 1.94.